The first-order chi connectivity index (χ1) is 7.65. The highest BCUT2D eigenvalue weighted by Gasteiger charge is 2.29. The Hall–Kier alpha value is -1.06. The van der Waals surface area contributed by atoms with Gasteiger partial charge in [-0.2, -0.15) is 0 Å². The van der Waals surface area contributed by atoms with Gasteiger partial charge in [-0.25, -0.2) is 4.79 Å². The number of amides is 2. The fourth-order valence-corrected chi connectivity index (χ4v) is 2.12. The molecule has 1 saturated heterocycles. The summed E-state index contributed by atoms with van der Waals surface area (Å²) >= 11 is 0. The van der Waals surface area contributed by atoms with E-state index < -0.39 is 0 Å². The third-order valence-electron chi connectivity index (χ3n) is 2.97. The number of unbranched alkanes of at least 4 members (excludes halogenated alkanes) is 1. The van der Waals surface area contributed by atoms with Gasteiger partial charge in [0.05, 0.1) is 0 Å². The van der Waals surface area contributed by atoms with Crippen molar-refractivity contribution in [2.75, 3.05) is 13.1 Å². The first kappa shape index (κ1) is 13.0. The molecule has 1 aliphatic heterocycles. The van der Waals surface area contributed by atoms with E-state index in [0.717, 1.165) is 38.8 Å². The quantitative estimate of drug-likeness (QED) is 0.728. The van der Waals surface area contributed by atoms with Crippen molar-refractivity contribution in [1.82, 2.24) is 10.2 Å². The Morgan fingerprint density at radius 2 is 2.19 bits per heavy atom. The number of likely N-dealkylation sites (tertiary alicyclic amines) is 1. The number of nitrogens with zero attached hydrogens (tertiary/aromatic N) is 1. The van der Waals surface area contributed by atoms with Crippen LogP contribution in [0.3, 0.4) is 0 Å². The molecule has 0 radical (unpaired) electrons. The molecule has 1 fully saturated rings. The van der Waals surface area contributed by atoms with Crippen LogP contribution in [0.4, 0.5) is 4.79 Å². The van der Waals surface area contributed by atoms with Crippen LogP contribution in [0.25, 0.3) is 0 Å². The molecule has 0 aromatic rings. The molecule has 1 rings (SSSR count). The van der Waals surface area contributed by atoms with Crippen LogP contribution in [-0.4, -0.2) is 35.8 Å². The van der Waals surface area contributed by atoms with Gasteiger partial charge < -0.3 is 10.2 Å². The first-order valence-electron chi connectivity index (χ1n) is 6.19. The molecular formula is C12H22N2O2. The van der Waals surface area contributed by atoms with Crippen LogP contribution in [0.2, 0.25) is 0 Å². The monoisotopic (exact) mass is 226 g/mol. The van der Waals surface area contributed by atoms with Crippen LogP contribution in [0, 0.1) is 0 Å². The zero-order chi connectivity index (χ0) is 12.0. The minimum atomic E-state index is -0.00259. The maximum Gasteiger partial charge on any atom is 0.317 e. The summed E-state index contributed by atoms with van der Waals surface area (Å²) in [7, 11) is 0. The summed E-state index contributed by atoms with van der Waals surface area (Å²) in [4.78, 5) is 24.7. The Morgan fingerprint density at radius 3 is 2.81 bits per heavy atom. The molecule has 4 heteroatoms. The summed E-state index contributed by atoms with van der Waals surface area (Å²) in [5.41, 5.74) is 0. The van der Waals surface area contributed by atoms with Crippen molar-refractivity contribution in [2.45, 2.75) is 52.0 Å². The Kier molecular flexibility index (Phi) is 5.29. The Balaban J connectivity index is 2.38. The van der Waals surface area contributed by atoms with Gasteiger partial charge >= 0.3 is 6.03 Å². The fourth-order valence-electron chi connectivity index (χ4n) is 2.12. The number of rotatable bonds is 5. The van der Waals surface area contributed by atoms with Gasteiger partial charge in [-0.1, -0.05) is 13.3 Å². The standard InChI is InChI=1S/C12H22N2O2/c1-3-4-7-13-12(16)14-8-5-6-11(14)9-10(2)15/h11H,3-9H2,1-2H3,(H,13,16). The minimum Gasteiger partial charge on any atom is -0.338 e. The molecule has 92 valence electrons. The molecule has 1 atom stereocenters. The third kappa shape index (κ3) is 3.83. The Bertz CT molecular complexity index is 253. The van der Waals surface area contributed by atoms with Gasteiger partial charge in [0.2, 0.25) is 0 Å². The van der Waals surface area contributed by atoms with E-state index in [2.05, 4.69) is 12.2 Å². The predicted octanol–water partition coefficient (Wildman–Crippen LogP) is 1.94. The predicted molar refractivity (Wildman–Crippen MR) is 63.3 cm³/mol. The van der Waals surface area contributed by atoms with Crippen molar-refractivity contribution < 1.29 is 9.59 Å². The van der Waals surface area contributed by atoms with E-state index in [4.69, 9.17) is 0 Å². The van der Waals surface area contributed by atoms with Gasteiger partial charge in [0.15, 0.2) is 0 Å². The van der Waals surface area contributed by atoms with E-state index in [-0.39, 0.29) is 17.9 Å². The van der Waals surface area contributed by atoms with Gasteiger partial charge in [-0.05, 0) is 26.2 Å². The van der Waals surface area contributed by atoms with Crippen LogP contribution < -0.4 is 5.32 Å². The van der Waals surface area contributed by atoms with Crippen molar-refractivity contribution in [3.05, 3.63) is 0 Å². The molecule has 0 aromatic heterocycles. The lowest BCUT2D eigenvalue weighted by atomic mass is 10.1. The number of Topliss-reactive ketones (excluding diaryl/α,β-unsaturated/α-hetero) is 1. The summed E-state index contributed by atoms with van der Waals surface area (Å²) in [6.07, 6.45) is 4.56. The van der Waals surface area contributed by atoms with Crippen LogP contribution in [0.15, 0.2) is 0 Å². The van der Waals surface area contributed by atoms with Crippen molar-refractivity contribution in [3.8, 4) is 0 Å². The topological polar surface area (TPSA) is 49.4 Å². The molecule has 0 aromatic carbocycles. The lowest BCUT2D eigenvalue weighted by molar-refractivity contribution is -0.117. The van der Waals surface area contributed by atoms with Crippen molar-refractivity contribution in [1.29, 1.82) is 0 Å². The summed E-state index contributed by atoms with van der Waals surface area (Å²) in [6, 6.07) is 0.122. The van der Waals surface area contributed by atoms with E-state index in [1.807, 2.05) is 4.90 Å². The second-order valence-corrected chi connectivity index (χ2v) is 4.48. The number of urea groups is 1. The second kappa shape index (κ2) is 6.51. The summed E-state index contributed by atoms with van der Waals surface area (Å²) in [5.74, 6) is 0.165. The molecule has 1 unspecified atom stereocenters. The molecule has 1 heterocycles. The van der Waals surface area contributed by atoms with Gasteiger partial charge in [-0.15, -0.1) is 0 Å². The van der Waals surface area contributed by atoms with E-state index >= 15 is 0 Å². The number of ketones is 1. The van der Waals surface area contributed by atoms with Crippen LogP contribution >= 0.6 is 0 Å². The van der Waals surface area contributed by atoms with E-state index in [0.29, 0.717) is 6.42 Å². The average Bonchev–Trinajstić information content (AvgIpc) is 2.65. The molecule has 0 saturated carbocycles. The Labute approximate surface area is 97.4 Å². The van der Waals surface area contributed by atoms with E-state index in [1.54, 1.807) is 6.92 Å². The largest absolute Gasteiger partial charge is 0.338 e. The third-order valence-corrected chi connectivity index (χ3v) is 2.97. The van der Waals surface area contributed by atoms with E-state index in [9.17, 15) is 9.59 Å². The van der Waals surface area contributed by atoms with Crippen molar-refractivity contribution in [3.63, 3.8) is 0 Å². The highest BCUT2D eigenvalue weighted by Crippen LogP contribution is 2.20. The molecule has 0 aliphatic carbocycles. The summed E-state index contributed by atoms with van der Waals surface area (Å²) in [6.45, 7) is 5.21. The van der Waals surface area contributed by atoms with Crippen LogP contribution in [0.1, 0.15) is 46.0 Å². The molecule has 1 N–H and O–H groups in total. The van der Waals surface area contributed by atoms with Gasteiger partial charge in [0, 0.05) is 25.6 Å². The lowest BCUT2D eigenvalue weighted by Crippen LogP contribution is -2.43. The smallest absolute Gasteiger partial charge is 0.317 e. The number of hydrogen-bond donors (Lipinski definition) is 1. The lowest BCUT2D eigenvalue weighted by Gasteiger charge is -2.24. The number of carbonyl (C=O) groups is 2. The molecule has 4 nitrogen and oxygen atoms in total. The van der Waals surface area contributed by atoms with Gasteiger partial charge in [-0.3, -0.25) is 4.79 Å². The van der Waals surface area contributed by atoms with E-state index in [1.165, 1.54) is 0 Å². The minimum absolute atomic E-state index is 0.00259. The van der Waals surface area contributed by atoms with Gasteiger partial charge in [0.25, 0.3) is 0 Å². The number of hydrogen-bond acceptors (Lipinski definition) is 2. The fraction of sp³-hybridized carbons (Fsp3) is 0.833. The summed E-state index contributed by atoms with van der Waals surface area (Å²) in [5, 5.41) is 2.90. The molecule has 1 aliphatic rings. The SMILES string of the molecule is CCCCNC(=O)N1CCCC1CC(C)=O. The van der Waals surface area contributed by atoms with Crippen LogP contribution in [-0.2, 0) is 4.79 Å². The number of carbonyl (C=O) groups excluding carboxylic acids is 2. The highest BCUT2D eigenvalue weighted by molar-refractivity contribution is 5.79. The van der Waals surface area contributed by atoms with Crippen molar-refractivity contribution >= 4 is 11.8 Å². The molecule has 2 amide bonds. The van der Waals surface area contributed by atoms with Crippen LogP contribution in [0.5, 0.6) is 0 Å². The molecule has 0 bridgehead atoms. The maximum absolute atomic E-state index is 11.8. The zero-order valence-corrected chi connectivity index (χ0v) is 10.3. The molecule has 16 heavy (non-hydrogen) atoms. The zero-order valence-electron chi connectivity index (χ0n) is 10.3. The molecule has 0 spiro atoms. The highest BCUT2D eigenvalue weighted by atomic mass is 16.2. The van der Waals surface area contributed by atoms with Gasteiger partial charge in [0.1, 0.15) is 5.78 Å². The second-order valence-electron chi connectivity index (χ2n) is 4.48. The summed E-state index contributed by atoms with van der Waals surface area (Å²) < 4.78 is 0. The number of nitrogens with one attached hydrogen (secondary N) is 1. The normalized spacial score (nSPS) is 19.9. The average molecular weight is 226 g/mol. The Morgan fingerprint density at radius 1 is 1.44 bits per heavy atom. The maximum atomic E-state index is 11.8. The molecular weight excluding hydrogens is 204 g/mol. The van der Waals surface area contributed by atoms with Crippen molar-refractivity contribution in [2.24, 2.45) is 0 Å². The first-order valence-corrected chi connectivity index (χ1v) is 6.19.